The number of likely N-dealkylation sites (N-methyl/N-ethyl adjacent to an activating group) is 1. The van der Waals surface area contributed by atoms with Gasteiger partial charge in [0.1, 0.15) is 10.6 Å². The molecule has 0 aromatic carbocycles. The molecule has 0 saturated heterocycles. The van der Waals surface area contributed by atoms with Crippen LogP contribution in [0.25, 0.3) is 16.0 Å². The summed E-state index contributed by atoms with van der Waals surface area (Å²) in [7, 11) is 2.17. The Morgan fingerprint density at radius 3 is 2.92 bits per heavy atom. The number of tetrazole rings is 1. The molecule has 3 aromatic heterocycles. The summed E-state index contributed by atoms with van der Waals surface area (Å²) in [5, 5.41) is 16.8. The molecule has 3 aromatic rings. The number of hydrogen-bond donors (Lipinski definition) is 1. The first kappa shape index (κ1) is 17.6. The Kier molecular flexibility index (Phi) is 5.01. The first-order chi connectivity index (χ1) is 12.7. The average Bonchev–Trinajstić information content (AvgIpc) is 3.25. The smallest absolute Gasteiger partial charge is 0.276 e. The Labute approximate surface area is 157 Å². The molecular formula is C17H26N8S. The Morgan fingerprint density at radius 1 is 1.27 bits per heavy atom. The maximum atomic E-state index is 4.71. The second kappa shape index (κ2) is 7.42. The van der Waals surface area contributed by atoms with E-state index >= 15 is 0 Å². The summed E-state index contributed by atoms with van der Waals surface area (Å²) >= 11 is 1.79. The van der Waals surface area contributed by atoms with Crippen LogP contribution in [-0.4, -0.2) is 74.6 Å². The molecule has 0 unspecified atom stereocenters. The molecular weight excluding hydrogens is 348 g/mol. The van der Waals surface area contributed by atoms with Gasteiger partial charge in [-0.25, -0.2) is 0 Å². The van der Waals surface area contributed by atoms with E-state index in [-0.39, 0.29) is 0 Å². The summed E-state index contributed by atoms with van der Waals surface area (Å²) in [4.78, 5) is 12.0. The maximum absolute atomic E-state index is 4.71. The molecule has 0 atom stereocenters. The summed E-state index contributed by atoms with van der Waals surface area (Å²) < 4.78 is 1.78. The Bertz CT molecular complexity index is 897. The van der Waals surface area contributed by atoms with E-state index in [9.17, 15) is 0 Å². The molecule has 26 heavy (non-hydrogen) atoms. The first-order valence-electron chi connectivity index (χ1n) is 9.38. The molecule has 0 amide bonds. The van der Waals surface area contributed by atoms with Gasteiger partial charge in [-0.2, -0.15) is 9.50 Å². The highest BCUT2D eigenvalue weighted by Gasteiger charge is 2.24. The number of aromatic nitrogens is 5. The SMILES string of the molecule is CCN(CC)CCCNc1nc2nnnn2c2sc3c(c12)CCN(C)C3. The van der Waals surface area contributed by atoms with Crippen LogP contribution in [0.2, 0.25) is 0 Å². The standard InChI is InChI=1S/C17H26N8S/c1-4-24(5-2)9-6-8-18-15-14-12-7-10-23(3)11-13(12)26-16(14)25-17(19-15)20-21-22-25/h4-11H2,1-3H3,(H,18,19,20,22). The summed E-state index contributed by atoms with van der Waals surface area (Å²) in [5.74, 6) is 1.50. The van der Waals surface area contributed by atoms with Crippen molar-refractivity contribution in [3.63, 3.8) is 0 Å². The van der Waals surface area contributed by atoms with Gasteiger partial charge >= 0.3 is 0 Å². The topological polar surface area (TPSA) is 74.5 Å². The molecule has 1 aliphatic rings. The first-order valence-corrected chi connectivity index (χ1v) is 10.2. The maximum Gasteiger partial charge on any atom is 0.276 e. The highest BCUT2D eigenvalue weighted by molar-refractivity contribution is 7.19. The van der Waals surface area contributed by atoms with E-state index in [4.69, 9.17) is 4.98 Å². The minimum atomic E-state index is 0.565. The third-order valence-corrected chi connectivity index (χ3v) is 6.35. The van der Waals surface area contributed by atoms with Crippen molar-refractivity contribution in [1.82, 2.24) is 34.8 Å². The van der Waals surface area contributed by atoms with E-state index in [1.165, 1.54) is 15.8 Å². The lowest BCUT2D eigenvalue weighted by molar-refractivity contribution is 0.303. The fourth-order valence-corrected chi connectivity index (χ4v) is 5.00. The normalized spacial score (nSPS) is 15.2. The third kappa shape index (κ3) is 3.15. The van der Waals surface area contributed by atoms with Crippen molar-refractivity contribution in [1.29, 1.82) is 0 Å². The van der Waals surface area contributed by atoms with Gasteiger partial charge in [-0.05, 0) is 55.5 Å². The van der Waals surface area contributed by atoms with Crippen LogP contribution >= 0.6 is 11.3 Å². The van der Waals surface area contributed by atoms with Crippen LogP contribution in [0.1, 0.15) is 30.7 Å². The van der Waals surface area contributed by atoms with Crippen molar-refractivity contribution in [3.05, 3.63) is 10.4 Å². The van der Waals surface area contributed by atoms with Crippen molar-refractivity contribution >= 4 is 33.1 Å². The molecule has 0 saturated carbocycles. The van der Waals surface area contributed by atoms with E-state index in [2.05, 4.69) is 51.5 Å². The van der Waals surface area contributed by atoms with Crippen LogP contribution in [0.4, 0.5) is 5.82 Å². The Hall–Kier alpha value is -1.84. The number of thiophene rings is 1. The lowest BCUT2D eigenvalue weighted by Gasteiger charge is -2.22. The number of fused-ring (bicyclic) bond motifs is 5. The molecule has 1 N–H and O–H groups in total. The van der Waals surface area contributed by atoms with E-state index in [1.807, 2.05) is 0 Å². The van der Waals surface area contributed by atoms with Crippen molar-refractivity contribution < 1.29 is 0 Å². The number of hydrogen-bond acceptors (Lipinski definition) is 8. The molecule has 0 radical (unpaired) electrons. The number of nitrogens with zero attached hydrogens (tertiary/aromatic N) is 7. The molecule has 0 bridgehead atoms. The summed E-state index contributed by atoms with van der Waals surface area (Å²) in [6, 6.07) is 0. The Balaban J connectivity index is 1.64. The number of anilines is 1. The predicted molar refractivity (Wildman–Crippen MR) is 105 cm³/mol. The van der Waals surface area contributed by atoms with Gasteiger partial charge in [0.2, 0.25) is 0 Å². The van der Waals surface area contributed by atoms with Gasteiger partial charge in [0.05, 0.1) is 5.39 Å². The van der Waals surface area contributed by atoms with E-state index in [1.54, 1.807) is 15.9 Å². The predicted octanol–water partition coefficient (Wildman–Crippen LogP) is 1.87. The van der Waals surface area contributed by atoms with Gasteiger partial charge in [0, 0.05) is 24.5 Å². The molecule has 0 spiro atoms. The monoisotopic (exact) mass is 374 g/mol. The third-order valence-electron chi connectivity index (χ3n) is 5.16. The molecule has 0 aliphatic carbocycles. The van der Waals surface area contributed by atoms with Crippen molar-refractivity contribution in [3.8, 4) is 0 Å². The Morgan fingerprint density at radius 2 is 2.12 bits per heavy atom. The fourth-order valence-electron chi connectivity index (χ4n) is 3.63. The van der Waals surface area contributed by atoms with E-state index < -0.39 is 0 Å². The number of nitrogens with one attached hydrogen (secondary N) is 1. The zero-order valence-corrected chi connectivity index (χ0v) is 16.5. The molecule has 8 nitrogen and oxygen atoms in total. The lowest BCUT2D eigenvalue weighted by Crippen LogP contribution is -2.26. The molecule has 9 heteroatoms. The van der Waals surface area contributed by atoms with Gasteiger partial charge in [0.25, 0.3) is 5.78 Å². The largest absolute Gasteiger partial charge is 0.369 e. The molecule has 0 fully saturated rings. The fraction of sp³-hybridized carbons (Fsp3) is 0.647. The number of rotatable bonds is 7. The van der Waals surface area contributed by atoms with E-state index in [0.29, 0.717) is 5.78 Å². The van der Waals surface area contributed by atoms with Crippen LogP contribution in [0.3, 0.4) is 0 Å². The van der Waals surface area contributed by atoms with Gasteiger partial charge in [0.15, 0.2) is 0 Å². The summed E-state index contributed by atoms with van der Waals surface area (Å²) in [5.41, 5.74) is 1.42. The van der Waals surface area contributed by atoms with Crippen molar-refractivity contribution in [2.75, 3.05) is 45.1 Å². The molecule has 4 rings (SSSR count). The van der Waals surface area contributed by atoms with Gasteiger partial charge in [-0.3, -0.25) is 0 Å². The zero-order chi connectivity index (χ0) is 18.1. The van der Waals surface area contributed by atoms with Crippen LogP contribution in [0.15, 0.2) is 0 Å². The van der Waals surface area contributed by atoms with Crippen molar-refractivity contribution in [2.45, 2.75) is 33.2 Å². The summed E-state index contributed by atoms with van der Waals surface area (Å²) in [6.07, 6.45) is 2.14. The zero-order valence-electron chi connectivity index (χ0n) is 15.7. The van der Waals surface area contributed by atoms with Crippen LogP contribution < -0.4 is 5.32 Å². The molecule has 1 aliphatic heterocycles. The van der Waals surface area contributed by atoms with E-state index in [0.717, 1.165) is 62.8 Å². The highest BCUT2D eigenvalue weighted by Crippen LogP contribution is 2.38. The lowest BCUT2D eigenvalue weighted by atomic mass is 10.1. The second-order valence-electron chi connectivity index (χ2n) is 6.83. The van der Waals surface area contributed by atoms with Crippen LogP contribution in [0.5, 0.6) is 0 Å². The second-order valence-corrected chi connectivity index (χ2v) is 7.91. The highest BCUT2D eigenvalue weighted by atomic mass is 32.1. The van der Waals surface area contributed by atoms with Crippen LogP contribution in [-0.2, 0) is 13.0 Å². The van der Waals surface area contributed by atoms with Gasteiger partial charge < -0.3 is 15.1 Å². The quantitative estimate of drug-likeness (QED) is 0.633. The molecule has 4 heterocycles. The average molecular weight is 375 g/mol. The minimum Gasteiger partial charge on any atom is -0.369 e. The van der Waals surface area contributed by atoms with Crippen LogP contribution in [0, 0.1) is 0 Å². The summed E-state index contributed by atoms with van der Waals surface area (Å²) in [6.45, 7) is 10.7. The minimum absolute atomic E-state index is 0.565. The molecule has 140 valence electrons. The van der Waals surface area contributed by atoms with Gasteiger partial charge in [-0.15, -0.1) is 11.3 Å². The van der Waals surface area contributed by atoms with Gasteiger partial charge in [-0.1, -0.05) is 18.9 Å². The van der Waals surface area contributed by atoms with Crippen molar-refractivity contribution in [2.24, 2.45) is 0 Å².